The lowest BCUT2D eigenvalue weighted by atomic mass is 9.64. The lowest BCUT2D eigenvalue weighted by Crippen LogP contribution is -2.49. The summed E-state index contributed by atoms with van der Waals surface area (Å²) in [5.41, 5.74) is 21.8. The number of ether oxygens (including phenoxy) is 4. The summed E-state index contributed by atoms with van der Waals surface area (Å²) in [5.74, 6) is -3.87. The van der Waals surface area contributed by atoms with Gasteiger partial charge in [-0.05, 0) is 214 Å². The predicted molar refractivity (Wildman–Crippen MR) is 507 cm³/mol. The molecule has 0 saturated carbocycles. The van der Waals surface area contributed by atoms with Crippen LogP contribution in [0, 0.1) is 23.7 Å². The Morgan fingerprint density at radius 1 is 0.312 bits per heavy atom. The standard InChI is InChI=1S/4C28H30N2O2/c4*29-27(31)28(23-7-3-1-4-8-23,24-9-5-2-6-10-24)25-14-17-30(20-25)16-13-21-11-12-26-22(19-21)15-18-32-26/h4*1-12,19,25H,13-18,20H2,(H2,29,31)/t4*25-/m1111/s1/i1D,2D,3D,4D,5D,6D,7D,8D,9D,10D,13D2,16D2;1D,2D,3D,4D,5D,6D,7D,8D,9D,10D,13D2;13D2,16D2;13D2,15D2. The molecule has 8 heterocycles. The largest absolute Gasteiger partial charge is 0.493 e. The number of amides is 4. The average Bonchev–Trinajstić information content (AvgIpc) is 1.34. The number of likely N-dealkylation sites (tertiary alicyclic amines) is 4. The van der Waals surface area contributed by atoms with E-state index in [0.29, 0.717) is 111 Å². The molecule has 12 aromatic carbocycles. The summed E-state index contributed by atoms with van der Waals surface area (Å²) < 4.78 is 314. The SMILES string of the molecule is [2H]C([2H])(CN1CC[C@@H](C(C(N)=O)(c2ccccc2)c2ccccc2)C1)c1ccc2c(c1)C([2H])([2H])CO2.[2H]C([2H])(c1ccc2c(c1)CCO2)C([2H])([2H])N1CC[C@@H](C(C(N)=O)(c2ccccc2)c2ccccc2)C1.[2H]c1c([2H])c([2H])c(C(C(N)=O)(c2c([2H])c([2H])c([2H])c([2H])c2[2H])[C@@H]2CCN(C([2H])([2H])C([2H])([2H])c3ccc4c(c3)CCO4)C2)c([2H])c1[2H].[2H]c1c([2H])c([2H])c(C(C(N)=O)(c2c([2H])c([2H])c([2H])c([2H])c2[2H])[C@@H]2CCN(CC([2H])([2H])c3ccc4c(c3)CCO4)C2)c([2H])c1[2H]. The lowest BCUT2D eigenvalue weighted by molar-refractivity contribution is -0.124. The predicted octanol–water partition coefficient (Wildman–Crippen LogP) is 15.8. The number of carbonyl (C=O) groups is 4. The summed E-state index contributed by atoms with van der Waals surface area (Å²) in [4.78, 5) is 60.6. The van der Waals surface area contributed by atoms with Gasteiger partial charge in [-0.25, -0.2) is 0 Å². The molecule has 8 aliphatic heterocycles. The molecule has 4 saturated heterocycles. The van der Waals surface area contributed by atoms with E-state index in [1.54, 1.807) is 65.6 Å². The molecule has 12 aromatic rings. The molecule has 0 aliphatic carbocycles. The van der Waals surface area contributed by atoms with Crippen LogP contribution in [0.4, 0.5) is 0 Å². The van der Waals surface area contributed by atoms with Crippen molar-refractivity contribution in [2.24, 2.45) is 46.6 Å². The highest BCUT2D eigenvalue weighted by Crippen LogP contribution is 2.49. The van der Waals surface area contributed by atoms with E-state index >= 15 is 0 Å². The highest BCUT2D eigenvalue weighted by molar-refractivity contribution is 5.94. The molecule has 0 radical (unpaired) electrons. The highest BCUT2D eigenvalue weighted by atomic mass is 16.5. The Morgan fingerprint density at radius 2 is 0.562 bits per heavy atom. The van der Waals surface area contributed by atoms with E-state index in [-0.39, 0.29) is 81.7 Å². The van der Waals surface area contributed by atoms with Crippen LogP contribution in [0.2, 0.25) is 0 Å². The molecule has 8 N–H and O–H groups in total. The third-order valence-electron chi connectivity index (χ3n) is 25.7. The van der Waals surface area contributed by atoms with E-state index in [1.165, 1.54) is 17.0 Å². The van der Waals surface area contributed by atoms with Gasteiger partial charge in [-0.3, -0.25) is 19.2 Å². The van der Waals surface area contributed by atoms with Gasteiger partial charge in [-0.15, -0.1) is 0 Å². The van der Waals surface area contributed by atoms with Crippen molar-refractivity contribution in [1.29, 1.82) is 0 Å². The van der Waals surface area contributed by atoms with Gasteiger partial charge in [-0.1, -0.05) is 291 Å². The topological polar surface area (TPSA) is 222 Å². The second kappa shape index (κ2) is 40.3. The average molecular weight is 1740 g/mol. The number of fused-ring (bicyclic) bond motifs is 4. The quantitative estimate of drug-likeness (QED) is 0.0360. The number of nitrogens with zero attached hydrogens (tertiary/aromatic N) is 4. The maximum Gasteiger partial charge on any atom is 0.232 e. The van der Waals surface area contributed by atoms with Gasteiger partial charge in [-0.2, -0.15) is 0 Å². The van der Waals surface area contributed by atoms with Gasteiger partial charge in [0.05, 0.1) is 53.8 Å². The first-order valence-corrected chi connectivity index (χ1v) is 42.9. The van der Waals surface area contributed by atoms with Crippen molar-refractivity contribution >= 4 is 23.6 Å². The fraction of sp³-hybridized carbons (Fsp3) is 0.321. The fourth-order valence-electron chi connectivity index (χ4n) is 19.5. The zero-order chi connectivity index (χ0) is 118. The van der Waals surface area contributed by atoms with Crippen LogP contribution in [0.25, 0.3) is 0 Å². The van der Waals surface area contributed by atoms with Crippen molar-refractivity contribution < 1.29 is 84.7 Å². The minimum absolute atomic E-state index is 0.0302. The van der Waals surface area contributed by atoms with Crippen molar-refractivity contribution in [1.82, 2.24) is 19.6 Å². The molecule has 128 heavy (non-hydrogen) atoms. The van der Waals surface area contributed by atoms with Gasteiger partial charge in [0.2, 0.25) is 23.6 Å². The molecule has 8 aliphatic rings. The maximum absolute atomic E-state index is 13.9. The molecule has 20 rings (SSSR count). The van der Waals surface area contributed by atoms with E-state index in [2.05, 4.69) is 0 Å². The summed E-state index contributed by atoms with van der Waals surface area (Å²) in [6.07, 6.45) is -7.17. The molecular formula is C112H120N8O8. The van der Waals surface area contributed by atoms with Crippen LogP contribution >= 0.6 is 0 Å². The van der Waals surface area contributed by atoms with Crippen molar-refractivity contribution in [3.63, 3.8) is 0 Å². The van der Waals surface area contributed by atoms with Crippen LogP contribution in [0.3, 0.4) is 0 Å². The molecule has 0 bridgehead atoms. The van der Waals surface area contributed by atoms with Crippen LogP contribution in [-0.4, -0.2) is 148 Å². The first kappa shape index (κ1) is 55.3. The van der Waals surface area contributed by atoms with Gasteiger partial charge in [0.15, 0.2) is 0 Å². The van der Waals surface area contributed by atoms with Crippen molar-refractivity contribution in [2.45, 2.75) is 98.5 Å². The minimum Gasteiger partial charge on any atom is -0.493 e. The molecule has 656 valence electrons. The monoisotopic (exact) mass is 1740 g/mol. The van der Waals surface area contributed by atoms with Gasteiger partial charge in [0, 0.05) is 97.1 Å². The van der Waals surface area contributed by atoms with Crippen LogP contribution in [0.1, 0.15) is 161 Å². The molecule has 0 aromatic heterocycles. The Kier molecular flexibility index (Phi) is 17.4. The molecule has 16 nitrogen and oxygen atoms in total. The Labute approximate surface area is 802 Å². The molecule has 4 amide bonds. The fourth-order valence-corrected chi connectivity index (χ4v) is 19.5. The number of rotatable bonds is 28. The van der Waals surface area contributed by atoms with Crippen LogP contribution in [0.5, 0.6) is 23.0 Å². The van der Waals surface area contributed by atoms with Gasteiger partial charge in [0.1, 0.15) is 44.7 Å². The Bertz CT molecular complexity index is 7430. The number of benzene rings is 12. The van der Waals surface area contributed by atoms with Crippen LogP contribution in [0.15, 0.2) is 315 Å². The van der Waals surface area contributed by atoms with Crippen LogP contribution in [-0.2, 0) is 92.0 Å². The molecule has 0 spiro atoms. The first-order valence-electron chi connectivity index (χ1n) is 59.9. The maximum atomic E-state index is 13.9. The minimum atomic E-state index is -2.75. The van der Waals surface area contributed by atoms with Crippen LogP contribution < -0.4 is 41.9 Å². The number of aryl methyl sites for hydroxylation is 2. The highest BCUT2D eigenvalue weighted by Gasteiger charge is 2.54. The molecule has 4 fully saturated rings. The van der Waals surface area contributed by atoms with Crippen molar-refractivity contribution in [3.8, 4) is 23.0 Å². The van der Waals surface area contributed by atoms with E-state index in [1.807, 2.05) is 126 Å². The summed E-state index contributed by atoms with van der Waals surface area (Å²) >= 11 is 0. The van der Waals surface area contributed by atoms with Gasteiger partial charge >= 0.3 is 0 Å². The van der Waals surface area contributed by atoms with E-state index < -0.39 is 252 Å². The third-order valence-corrected chi connectivity index (χ3v) is 25.7. The Morgan fingerprint density at radius 3 is 0.859 bits per heavy atom. The first-order chi connectivity index (χ1) is 76.2. The van der Waals surface area contributed by atoms with Gasteiger partial charge < -0.3 is 61.5 Å². The summed E-state index contributed by atoms with van der Waals surface area (Å²) in [5, 5.41) is 0. The number of hydrogen-bond acceptors (Lipinski definition) is 12. The number of primary amides is 4. The van der Waals surface area contributed by atoms with Crippen molar-refractivity contribution in [2.75, 3.05) is 105 Å². The number of hydrogen-bond donors (Lipinski definition) is 4. The third kappa shape index (κ3) is 18.4. The van der Waals surface area contributed by atoms with E-state index in [9.17, 15) is 19.2 Å². The molecule has 16 heteroatoms. The summed E-state index contributed by atoms with van der Waals surface area (Å²) in [7, 11) is 0. The van der Waals surface area contributed by atoms with Crippen molar-refractivity contribution in [3.05, 3.63) is 404 Å². The number of carbonyl (C=O) groups excluding carboxylic acids is 4. The van der Waals surface area contributed by atoms with E-state index in [0.717, 1.165) is 44.0 Å². The molecule has 4 atom stereocenters. The van der Waals surface area contributed by atoms with E-state index in [4.69, 9.17) is 88.5 Å². The molecular weight excluding hydrogens is 1590 g/mol. The van der Waals surface area contributed by atoms with Gasteiger partial charge in [0.25, 0.3) is 0 Å². The zero-order valence-corrected chi connectivity index (χ0v) is 70.5. The Balaban J connectivity index is 0.000000146. The second-order valence-corrected chi connectivity index (χ2v) is 32.7. The molecule has 0 unspecified atom stereocenters. The summed E-state index contributed by atoms with van der Waals surface area (Å²) in [6, 6.07) is 41.5. The normalized spacial score (nSPS) is 23.2. The summed E-state index contributed by atoms with van der Waals surface area (Å²) in [6.45, 7) is -2.61. The second-order valence-electron chi connectivity index (χ2n) is 32.7. The Hall–Kier alpha value is -12.4. The number of nitrogens with two attached hydrogens (primary N) is 4. The smallest absolute Gasteiger partial charge is 0.232 e. The lowest BCUT2D eigenvalue weighted by Gasteiger charge is -2.37. The zero-order valence-electron chi connectivity index (χ0n) is 104.